The van der Waals surface area contributed by atoms with E-state index >= 15 is 0 Å². The van der Waals surface area contributed by atoms with Gasteiger partial charge < -0.3 is 24.4 Å². The Balaban J connectivity index is 2.03. The van der Waals surface area contributed by atoms with Crippen LogP contribution >= 0.6 is 0 Å². The minimum atomic E-state index is -0.620. The molecule has 2 aromatic rings. The van der Waals surface area contributed by atoms with E-state index in [2.05, 4.69) is 5.32 Å². The number of hydrogen-bond donors (Lipinski definition) is 1. The fraction of sp³-hybridized carbons (Fsp3) is 0.462. The molecule has 33 heavy (non-hydrogen) atoms. The summed E-state index contributed by atoms with van der Waals surface area (Å²) in [5.74, 6) is 1.89. The molecule has 2 amide bonds. The van der Waals surface area contributed by atoms with E-state index < -0.39 is 6.04 Å². The van der Waals surface area contributed by atoms with Crippen molar-refractivity contribution in [2.75, 3.05) is 20.8 Å². The van der Waals surface area contributed by atoms with Crippen LogP contribution in [0, 0.1) is 0 Å². The first-order valence-corrected chi connectivity index (χ1v) is 11.1. The molecule has 0 bridgehead atoms. The number of hydrogen-bond acceptors (Lipinski definition) is 5. The second-order valence-electron chi connectivity index (χ2n) is 8.92. The topological polar surface area (TPSA) is 77.1 Å². The molecule has 0 saturated heterocycles. The van der Waals surface area contributed by atoms with Crippen molar-refractivity contribution in [1.82, 2.24) is 10.2 Å². The molecule has 2 aromatic carbocycles. The zero-order valence-electron chi connectivity index (χ0n) is 20.5. The fourth-order valence-corrected chi connectivity index (χ4v) is 3.25. The molecule has 0 aliphatic rings. The van der Waals surface area contributed by atoms with E-state index in [9.17, 15) is 9.59 Å². The number of carbonyl (C=O) groups is 2. The Labute approximate surface area is 197 Å². The van der Waals surface area contributed by atoms with Crippen LogP contribution in [-0.4, -0.2) is 49.1 Å². The molecule has 0 heterocycles. The summed E-state index contributed by atoms with van der Waals surface area (Å²) < 4.78 is 16.2. The van der Waals surface area contributed by atoms with E-state index in [-0.39, 0.29) is 23.8 Å². The van der Waals surface area contributed by atoms with Crippen molar-refractivity contribution >= 4 is 11.8 Å². The monoisotopic (exact) mass is 456 g/mol. The van der Waals surface area contributed by atoms with Crippen LogP contribution in [0.2, 0.25) is 0 Å². The highest BCUT2D eigenvalue weighted by atomic mass is 16.5. The molecule has 0 aromatic heterocycles. The van der Waals surface area contributed by atoms with Gasteiger partial charge in [-0.2, -0.15) is 0 Å². The fourth-order valence-electron chi connectivity index (χ4n) is 3.25. The molecular formula is C26H36N2O5. The van der Waals surface area contributed by atoms with E-state index in [4.69, 9.17) is 14.2 Å². The zero-order chi connectivity index (χ0) is 24.4. The van der Waals surface area contributed by atoms with Crippen molar-refractivity contribution < 1.29 is 23.8 Å². The predicted octanol–water partition coefficient (Wildman–Crippen LogP) is 4.19. The van der Waals surface area contributed by atoms with Gasteiger partial charge in [0.15, 0.2) is 0 Å². The molecule has 2 rings (SSSR count). The Morgan fingerprint density at radius 3 is 2.21 bits per heavy atom. The highest BCUT2D eigenvalue weighted by Gasteiger charge is 2.28. The second kappa shape index (κ2) is 12.1. The number of nitrogens with zero attached hydrogens (tertiary/aromatic N) is 1. The molecule has 0 radical (unpaired) electrons. The van der Waals surface area contributed by atoms with Crippen LogP contribution in [0.5, 0.6) is 17.2 Å². The van der Waals surface area contributed by atoms with Crippen LogP contribution < -0.4 is 19.5 Å². The highest BCUT2D eigenvalue weighted by molar-refractivity contribution is 5.87. The van der Waals surface area contributed by atoms with Gasteiger partial charge in [0.05, 0.1) is 20.8 Å². The predicted molar refractivity (Wildman–Crippen MR) is 129 cm³/mol. The number of nitrogens with one attached hydrogen (secondary N) is 1. The first-order valence-electron chi connectivity index (χ1n) is 11.1. The third kappa shape index (κ3) is 8.67. The molecule has 0 spiro atoms. The van der Waals surface area contributed by atoms with Gasteiger partial charge in [-0.3, -0.25) is 9.59 Å². The van der Waals surface area contributed by atoms with E-state index in [0.29, 0.717) is 25.3 Å². The number of amides is 2. The Morgan fingerprint density at radius 2 is 1.61 bits per heavy atom. The van der Waals surface area contributed by atoms with Crippen LogP contribution in [0.25, 0.3) is 0 Å². The van der Waals surface area contributed by atoms with Gasteiger partial charge in [-0.15, -0.1) is 0 Å². The van der Waals surface area contributed by atoms with Crippen molar-refractivity contribution in [2.24, 2.45) is 0 Å². The smallest absolute Gasteiger partial charge is 0.242 e. The van der Waals surface area contributed by atoms with Crippen LogP contribution in [0.15, 0.2) is 48.5 Å². The zero-order valence-corrected chi connectivity index (χ0v) is 20.5. The molecule has 1 N–H and O–H groups in total. The van der Waals surface area contributed by atoms with E-state index in [1.165, 1.54) is 0 Å². The summed E-state index contributed by atoms with van der Waals surface area (Å²) in [6, 6.07) is 14.2. The van der Waals surface area contributed by atoms with Crippen LogP contribution in [0.1, 0.15) is 46.1 Å². The molecule has 1 atom stereocenters. The van der Waals surface area contributed by atoms with Crippen molar-refractivity contribution in [1.29, 1.82) is 0 Å². The number of benzene rings is 2. The first kappa shape index (κ1) is 26.0. The van der Waals surface area contributed by atoms with Gasteiger partial charge in [0.25, 0.3) is 0 Å². The number of methoxy groups -OCH3 is 2. The van der Waals surface area contributed by atoms with Gasteiger partial charge in [-0.05, 0) is 76.1 Å². The lowest BCUT2D eigenvalue weighted by Gasteiger charge is -2.31. The SMILES string of the molecule is COc1ccc(OCCCC(=O)N(Cc2cccc(OC)c2)C(C)C(=O)NC(C)(C)C)cc1. The van der Waals surface area contributed by atoms with Crippen LogP contribution in [-0.2, 0) is 16.1 Å². The Hall–Kier alpha value is -3.22. The number of carbonyl (C=O) groups excluding carboxylic acids is 2. The van der Waals surface area contributed by atoms with E-state index in [0.717, 1.165) is 17.1 Å². The summed E-state index contributed by atoms with van der Waals surface area (Å²) >= 11 is 0. The first-order chi connectivity index (χ1) is 15.6. The number of ether oxygens (including phenoxy) is 3. The summed E-state index contributed by atoms with van der Waals surface area (Å²) in [4.78, 5) is 27.6. The van der Waals surface area contributed by atoms with Gasteiger partial charge >= 0.3 is 0 Å². The minimum absolute atomic E-state index is 0.104. The average molecular weight is 457 g/mol. The third-order valence-corrected chi connectivity index (χ3v) is 5.02. The summed E-state index contributed by atoms with van der Waals surface area (Å²) in [5, 5.41) is 2.97. The van der Waals surface area contributed by atoms with Gasteiger partial charge in [-0.25, -0.2) is 0 Å². The van der Waals surface area contributed by atoms with Gasteiger partial charge in [0.1, 0.15) is 23.3 Å². The Kier molecular flexibility index (Phi) is 9.57. The molecule has 0 saturated carbocycles. The lowest BCUT2D eigenvalue weighted by atomic mass is 10.1. The minimum Gasteiger partial charge on any atom is -0.497 e. The Bertz CT molecular complexity index is 906. The van der Waals surface area contributed by atoms with E-state index in [1.807, 2.05) is 69.3 Å². The normalized spacial score (nSPS) is 11.9. The van der Waals surface area contributed by atoms with Crippen LogP contribution in [0.4, 0.5) is 0 Å². The largest absolute Gasteiger partial charge is 0.497 e. The third-order valence-electron chi connectivity index (χ3n) is 5.02. The van der Waals surface area contributed by atoms with Crippen molar-refractivity contribution in [2.45, 2.75) is 58.7 Å². The van der Waals surface area contributed by atoms with E-state index in [1.54, 1.807) is 26.0 Å². The molecular weight excluding hydrogens is 420 g/mol. The van der Waals surface area contributed by atoms with Crippen molar-refractivity contribution in [3.63, 3.8) is 0 Å². The molecule has 0 fully saturated rings. The standard InChI is InChI=1S/C26H36N2O5/c1-19(25(30)27-26(2,3)4)28(18-20-9-7-10-23(17-20)32-6)24(29)11-8-16-33-22-14-12-21(31-5)13-15-22/h7,9-10,12-15,17,19H,8,11,16,18H2,1-6H3,(H,27,30). The van der Waals surface area contributed by atoms with Gasteiger partial charge in [-0.1, -0.05) is 12.1 Å². The molecule has 1 unspecified atom stereocenters. The maximum absolute atomic E-state index is 13.2. The maximum Gasteiger partial charge on any atom is 0.242 e. The van der Waals surface area contributed by atoms with Crippen molar-refractivity contribution in [3.05, 3.63) is 54.1 Å². The lowest BCUT2D eigenvalue weighted by molar-refractivity contribution is -0.141. The second-order valence-corrected chi connectivity index (χ2v) is 8.92. The number of rotatable bonds is 11. The van der Waals surface area contributed by atoms with Gasteiger partial charge in [0, 0.05) is 18.5 Å². The van der Waals surface area contributed by atoms with Gasteiger partial charge in [0.2, 0.25) is 11.8 Å². The molecule has 7 nitrogen and oxygen atoms in total. The molecule has 7 heteroatoms. The summed E-state index contributed by atoms with van der Waals surface area (Å²) in [6.07, 6.45) is 0.806. The lowest BCUT2D eigenvalue weighted by Crippen LogP contribution is -2.52. The molecule has 0 aliphatic carbocycles. The molecule has 180 valence electrons. The highest BCUT2D eigenvalue weighted by Crippen LogP contribution is 2.19. The average Bonchev–Trinajstić information content (AvgIpc) is 2.79. The summed E-state index contributed by atoms with van der Waals surface area (Å²) in [7, 11) is 3.21. The quantitative estimate of drug-likeness (QED) is 0.513. The van der Waals surface area contributed by atoms with Crippen LogP contribution in [0.3, 0.4) is 0 Å². The van der Waals surface area contributed by atoms with Crippen molar-refractivity contribution in [3.8, 4) is 17.2 Å². The Morgan fingerprint density at radius 1 is 0.970 bits per heavy atom. The summed E-state index contributed by atoms with van der Waals surface area (Å²) in [6.45, 7) is 8.22. The molecule has 0 aliphatic heterocycles. The summed E-state index contributed by atoms with van der Waals surface area (Å²) in [5.41, 5.74) is 0.509. The maximum atomic E-state index is 13.2.